The molecule has 0 aliphatic carbocycles. The number of phenols is 1. The van der Waals surface area contributed by atoms with Crippen LogP contribution in [0.25, 0.3) is 5.76 Å². The van der Waals surface area contributed by atoms with Gasteiger partial charge in [-0.25, -0.2) is 0 Å². The Morgan fingerprint density at radius 2 is 1.68 bits per heavy atom. The number of aliphatic hydroxyl groups excluding tert-OH is 1. The Kier molecular flexibility index (Phi) is 8.25. The molecule has 1 atom stereocenters. The molecule has 0 radical (unpaired) electrons. The van der Waals surface area contributed by atoms with E-state index in [9.17, 15) is 19.8 Å². The molecule has 0 unspecified atom stereocenters. The van der Waals surface area contributed by atoms with E-state index < -0.39 is 17.7 Å². The Morgan fingerprint density at radius 1 is 1.00 bits per heavy atom. The zero-order valence-corrected chi connectivity index (χ0v) is 22.4. The summed E-state index contributed by atoms with van der Waals surface area (Å²) < 4.78 is 21.7. The lowest BCUT2D eigenvalue weighted by atomic mass is 9.94. The quantitative estimate of drug-likeness (QED) is 0.278. The van der Waals surface area contributed by atoms with E-state index in [2.05, 4.69) is 20.8 Å². The van der Waals surface area contributed by atoms with Gasteiger partial charge in [0.1, 0.15) is 5.76 Å². The molecule has 0 aromatic heterocycles. The topological polar surface area (TPSA) is 118 Å². The molecule has 2 aliphatic heterocycles. The first-order chi connectivity index (χ1) is 17.8. The monoisotopic (exact) mass is 576 g/mol. The van der Waals surface area contributed by atoms with E-state index >= 15 is 0 Å². The van der Waals surface area contributed by atoms with Crippen LogP contribution in [-0.4, -0.2) is 92.4 Å². The van der Waals surface area contributed by atoms with Crippen LogP contribution < -0.4 is 14.2 Å². The van der Waals surface area contributed by atoms with Crippen LogP contribution in [0.3, 0.4) is 0 Å². The summed E-state index contributed by atoms with van der Waals surface area (Å²) in [5, 5.41) is 21.7. The molecule has 198 valence electrons. The number of ether oxygens (including phenoxy) is 4. The molecular formula is C26H29BrN2O8. The van der Waals surface area contributed by atoms with E-state index in [1.54, 1.807) is 30.3 Å². The van der Waals surface area contributed by atoms with E-state index in [1.165, 1.54) is 26.2 Å². The van der Waals surface area contributed by atoms with Crippen molar-refractivity contribution in [3.8, 4) is 23.0 Å². The highest BCUT2D eigenvalue weighted by Crippen LogP contribution is 2.44. The predicted octanol–water partition coefficient (Wildman–Crippen LogP) is 2.93. The van der Waals surface area contributed by atoms with Gasteiger partial charge in [0.2, 0.25) is 0 Å². The Bertz CT molecular complexity index is 1230. The number of ketones is 1. The van der Waals surface area contributed by atoms with Gasteiger partial charge in [-0.3, -0.25) is 14.5 Å². The van der Waals surface area contributed by atoms with Gasteiger partial charge >= 0.3 is 0 Å². The number of carbonyl (C=O) groups is 2. The minimum absolute atomic E-state index is 0.0705. The first kappa shape index (κ1) is 26.8. The van der Waals surface area contributed by atoms with E-state index in [0.717, 1.165) is 13.1 Å². The number of amides is 1. The molecule has 2 aromatic rings. The number of morpholine rings is 1. The van der Waals surface area contributed by atoms with Crippen LogP contribution in [0.15, 0.2) is 40.4 Å². The lowest BCUT2D eigenvalue weighted by molar-refractivity contribution is -0.140. The maximum absolute atomic E-state index is 13.4. The summed E-state index contributed by atoms with van der Waals surface area (Å²) in [5.41, 5.74) is 0.710. The molecule has 11 heteroatoms. The number of phenolic OH excluding ortho intramolecular Hbond substituents is 1. The SMILES string of the molecule is COc1ccc(C(O)=C2C(=O)C(=O)N(CCN3CCOCC3)[C@@H]2c2cc(Br)c(O)c(OC)c2)cc1OC. The fourth-order valence-corrected chi connectivity index (χ4v) is 5.04. The third-order valence-electron chi connectivity index (χ3n) is 6.54. The minimum atomic E-state index is -0.917. The summed E-state index contributed by atoms with van der Waals surface area (Å²) in [5.74, 6) is -1.01. The van der Waals surface area contributed by atoms with Crippen LogP contribution in [0.2, 0.25) is 0 Å². The predicted molar refractivity (Wildman–Crippen MR) is 138 cm³/mol. The lowest BCUT2D eigenvalue weighted by Gasteiger charge is -2.31. The maximum Gasteiger partial charge on any atom is 0.295 e. The number of halogens is 1. The number of nitrogens with zero attached hydrogens (tertiary/aromatic N) is 2. The van der Waals surface area contributed by atoms with Gasteiger partial charge in [0.05, 0.1) is 50.6 Å². The number of aliphatic hydroxyl groups is 1. The Balaban J connectivity index is 1.83. The highest BCUT2D eigenvalue weighted by molar-refractivity contribution is 9.10. The lowest BCUT2D eigenvalue weighted by Crippen LogP contribution is -2.42. The molecule has 4 rings (SSSR count). The summed E-state index contributed by atoms with van der Waals surface area (Å²) in [6, 6.07) is 6.98. The Labute approximate surface area is 223 Å². The van der Waals surface area contributed by atoms with Crippen molar-refractivity contribution in [1.82, 2.24) is 9.80 Å². The number of hydrogen-bond donors (Lipinski definition) is 2. The van der Waals surface area contributed by atoms with Gasteiger partial charge in [-0.05, 0) is 51.8 Å². The number of likely N-dealkylation sites (tertiary alicyclic amines) is 1. The maximum atomic E-state index is 13.4. The Hall–Kier alpha value is -3.28. The normalized spacial score (nSPS) is 19.8. The molecule has 2 saturated heterocycles. The zero-order valence-electron chi connectivity index (χ0n) is 20.8. The van der Waals surface area contributed by atoms with Gasteiger partial charge in [-0.2, -0.15) is 0 Å². The summed E-state index contributed by atoms with van der Waals surface area (Å²) >= 11 is 3.32. The van der Waals surface area contributed by atoms with E-state index in [4.69, 9.17) is 18.9 Å². The fourth-order valence-electron chi connectivity index (χ4n) is 4.58. The van der Waals surface area contributed by atoms with Crippen molar-refractivity contribution in [3.63, 3.8) is 0 Å². The van der Waals surface area contributed by atoms with Gasteiger partial charge in [0.25, 0.3) is 11.7 Å². The molecule has 0 spiro atoms. The number of carbonyl (C=O) groups excluding carboxylic acids is 2. The molecule has 2 fully saturated rings. The number of aromatic hydroxyl groups is 1. The number of Topliss-reactive ketones (excluding diaryl/α,β-unsaturated/α-hetero) is 1. The van der Waals surface area contributed by atoms with Gasteiger partial charge in [-0.1, -0.05) is 0 Å². The van der Waals surface area contributed by atoms with Crippen LogP contribution in [0.4, 0.5) is 0 Å². The van der Waals surface area contributed by atoms with Crippen molar-refractivity contribution in [2.75, 3.05) is 60.7 Å². The smallest absolute Gasteiger partial charge is 0.295 e. The molecule has 1 amide bonds. The molecule has 2 N–H and O–H groups in total. The second kappa shape index (κ2) is 11.4. The third kappa shape index (κ3) is 5.25. The largest absolute Gasteiger partial charge is 0.507 e. The molecule has 0 saturated carbocycles. The van der Waals surface area contributed by atoms with Crippen LogP contribution in [0, 0.1) is 0 Å². The standard InChI is InChI=1S/C26H29BrN2O8/c1-34-18-5-4-15(13-19(18)35-2)23(30)21-22(16-12-17(27)24(31)20(14-16)36-3)29(26(33)25(21)32)7-6-28-8-10-37-11-9-28/h4-5,12-14,22,30-31H,6-11H2,1-3H3/t22-/m1/s1. The highest BCUT2D eigenvalue weighted by atomic mass is 79.9. The van der Waals surface area contributed by atoms with Crippen molar-refractivity contribution < 1.29 is 38.7 Å². The summed E-state index contributed by atoms with van der Waals surface area (Å²) in [4.78, 5) is 30.2. The third-order valence-corrected chi connectivity index (χ3v) is 7.15. The summed E-state index contributed by atoms with van der Waals surface area (Å²) in [6.45, 7) is 3.42. The van der Waals surface area contributed by atoms with Crippen molar-refractivity contribution in [2.45, 2.75) is 6.04 Å². The first-order valence-corrected chi connectivity index (χ1v) is 12.5. The zero-order chi connectivity index (χ0) is 26.7. The van der Waals surface area contributed by atoms with Crippen LogP contribution in [-0.2, 0) is 14.3 Å². The summed E-state index contributed by atoms with van der Waals surface area (Å²) in [7, 11) is 4.37. The number of rotatable bonds is 8. The molecule has 2 heterocycles. The van der Waals surface area contributed by atoms with Gasteiger partial charge in [0, 0.05) is 31.7 Å². The fraction of sp³-hybridized carbons (Fsp3) is 0.385. The van der Waals surface area contributed by atoms with Gasteiger partial charge in [0.15, 0.2) is 23.0 Å². The van der Waals surface area contributed by atoms with Crippen molar-refractivity contribution in [3.05, 3.63) is 51.5 Å². The molecule has 10 nitrogen and oxygen atoms in total. The van der Waals surface area contributed by atoms with Gasteiger partial charge < -0.3 is 34.1 Å². The minimum Gasteiger partial charge on any atom is -0.507 e. The van der Waals surface area contributed by atoms with Crippen LogP contribution in [0.5, 0.6) is 23.0 Å². The van der Waals surface area contributed by atoms with Crippen LogP contribution >= 0.6 is 15.9 Å². The van der Waals surface area contributed by atoms with E-state index in [0.29, 0.717) is 46.9 Å². The summed E-state index contributed by atoms with van der Waals surface area (Å²) in [6.07, 6.45) is 0. The van der Waals surface area contributed by atoms with E-state index in [1.807, 2.05) is 0 Å². The second-order valence-corrected chi connectivity index (χ2v) is 9.42. The van der Waals surface area contributed by atoms with Gasteiger partial charge in [-0.15, -0.1) is 0 Å². The molecular weight excluding hydrogens is 548 g/mol. The molecule has 0 bridgehead atoms. The Morgan fingerprint density at radius 3 is 2.32 bits per heavy atom. The molecule has 37 heavy (non-hydrogen) atoms. The van der Waals surface area contributed by atoms with Crippen LogP contribution in [0.1, 0.15) is 17.2 Å². The van der Waals surface area contributed by atoms with Crippen molar-refractivity contribution in [2.24, 2.45) is 0 Å². The average molecular weight is 577 g/mol. The average Bonchev–Trinajstić information content (AvgIpc) is 3.17. The van der Waals surface area contributed by atoms with Crippen molar-refractivity contribution in [1.29, 1.82) is 0 Å². The van der Waals surface area contributed by atoms with E-state index in [-0.39, 0.29) is 29.4 Å². The molecule has 2 aromatic carbocycles. The number of benzene rings is 2. The first-order valence-electron chi connectivity index (χ1n) is 11.7. The van der Waals surface area contributed by atoms with Crippen molar-refractivity contribution >= 4 is 33.4 Å². The second-order valence-electron chi connectivity index (χ2n) is 8.57. The molecule has 2 aliphatic rings. The number of methoxy groups -OCH3 is 3. The number of hydrogen-bond acceptors (Lipinski definition) is 9. The highest BCUT2D eigenvalue weighted by Gasteiger charge is 2.46.